The van der Waals surface area contributed by atoms with Crippen LogP contribution in [0.3, 0.4) is 0 Å². The first-order valence-corrected chi connectivity index (χ1v) is 6.29. The molecule has 0 saturated heterocycles. The number of carboxylic acids is 1. The average Bonchev–Trinajstić information content (AvgIpc) is 2.30. The topological polar surface area (TPSA) is 57.6 Å². The van der Waals surface area contributed by atoms with Crippen molar-refractivity contribution in [1.82, 2.24) is 4.90 Å². The molecule has 0 aromatic heterocycles. The minimum atomic E-state index is -1.20. The van der Waals surface area contributed by atoms with Crippen molar-refractivity contribution in [1.29, 1.82) is 0 Å². The number of hydrogen-bond donors (Lipinski definition) is 1. The predicted molar refractivity (Wildman–Crippen MR) is 72.3 cm³/mol. The van der Waals surface area contributed by atoms with Crippen molar-refractivity contribution in [2.75, 3.05) is 7.05 Å². The summed E-state index contributed by atoms with van der Waals surface area (Å²) in [5.41, 5.74) is -0.344. The first-order valence-electron chi connectivity index (χ1n) is 5.49. The lowest BCUT2D eigenvalue weighted by Gasteiger charge is -2.31. The minimum absolute atomic E-state index is 0.195. The van der Waals surface area contributed by atoms with Gasteiger partial charge in [-0.3, -0.25) is 4.79 Å². The molecule has 0 saturated carbocycles. The van der Waals surface area contributed by atoms with Gasteiger partial charge in [0.2, 0.25) is 5.91 Å². The molecule has 18 heavy (non-hydrogen) atoms. The molecule has 1 amide bonds. The number of carbonyl (C=O) groups excluding carboxylic acids is 1. The average molecular weight is 314 g/mol. The van der Waals surface area contributed by atoms with Crippen LogP contribution < -0.4 is 0 Å². The lowest BCUT2D eigenvalue weighted by Crippen LogP contribution is -2.51. The van der Waals surface area contributed by atoms with Gasteiger partial charge in [0, 0.05) is 11.5 Å². The maximum Gasteiger partial charge on any atom is 0.329 e. The highest BCUT2D eigenvalue weighted by molar-refractivity contribution is 9.10. The number of carbonyl (C=O) groups is 2. The number of benzene rings is 1. The van der Waals surface area contributed by atoms with Gasteiger partial charge in [0.1, 0.15) is 5.54 Å². The zero-order valence-electron chi connectivity index (χ0n) is 10.6. The van der Waals surface area contributed by atoms with Crippen LogP contribution in [0.5, 0.6) is 0 Å². The first-order chi connectivity index (χ1) is 8.25. The van der Waals surface area contributed by atoms with E-state index in [1.807, 2.05) is 24.3 Å². The van der Waals surface area contributed by atoms with Crippen molar-refractivity contribution in [2.24, 2.45) is 0 Å². The fraction of sp³-hybridized carbons (Fsp3) is 0.385. The molecule has 1 N–H and O–H groups in total. The van der Waals surface area contributed by atoms with Gasteiger partial charge in [-0.05, 0) is 31.5 Å². The Balaban J connectivity index is 2.77. The maximum absolute atomic E-state index is 12.0. The largest absolute Gasteiger partial charge is 0.480 e. The summed E-state index contributed by atoms with van der Waals surface area (Å²) in [6, 6.07) is 7.38. The summed E-state index contributed by atoms with van der Waals surface area (Å²) in [5.74, 6) is -1.24. The van der Waals surface area contributed by atoms with E-state index in [4.69, 9.17) is 5.11 Å². The number of likely N-dealkylation sites (N-methyl/N-ethyl adjacent to an activating group) is 1. The highest BCUT2D eigenvalue weighted by Gasteiger charge is 2.34. The van der Waals surface area contributed by atoms with Crippen LogP contribution in [0.25, 0.3) is 0 Å². The van der Waals surface area contributed by atoms with Crippen LogP contribution in [-0.2, 0) is 16.0 Å². The van der Waals surface area contributed by atoms with Gasteiger partial charge in [0.25, 0.3) is 0 Å². The van der Waals surface area contributed by atoms with Crippen LogP contribution in [0.15, 0.2) is 28.7 Å². The summed E-state index contributed by atoms with van der Waals surface area (Å²) >= 11 is 3.32. The molecule has 0 aliphatic carbocycles. The molecule has 4 nitrogen and oxygen atoms in total. The zero-order valence-corrected chi connectivity index (χ0v) is 12.2. The number of hydrogen-bond acceptors (Lipinski definition) is 2. The van der Waals surface area contributed by atoms with E-state index < -0.39 is 11.5 Å². The molecular formula is C13H16BrNO3. The number of amides is 1. The van der Waals surface area contributed by atoms with E-state index in [0.717, 1.165) is 10.0 Å². The smallest absolute Gasteiger partial charge is 0.329 e. The molecule has 5 heteroatoms. The van der Waals surface area contributed by atoms with Gasteiger partial charge in [0.15, 0.2) is 0 Å². The first kappa shape index (κ1) is 14.7. The molecule has 1 aromatic carbocycles. The number of aliphatic carboxylic acids is 1. The van der Waals surface area contributed by atoms with Crippen molar-refractivity contribution >= 4 is 27.8 Å². The molecule has 1 rings (SSSR count). The summed E-state index contributed by atoms with van der Waals surface area (Å²) in [6.45, 7) is 3.02. The van der Waals surface area contributed by atoms with Crippen molar-refractivity contribution in [3.8, 4) is 0 Å². The van der Waals surface area contributed by atoms with Crippen LogP contribution in [0, 0.1) is 0 Å². The van der Waals surface area contributed by atoms with Gasteiger partial charge in [-0.25, -0.2) is 4.79 Å². The quantitative estimate of drug-likeness (QED) is 0.928. The van der Waals surface area contributed by atoms with Crippen molar-refractivity contribution in [3.63, 3.8) is 0 Å². The van der Waals surface area contributed by atoms with E-state index >= 15 is 0 Å². The highest BCUT2D eigenvalue weighted by Crippen LogP contribution is 2.16. The molecular weight excluding hydrogens is 298 g/mol. The van der Waals surface area contributed by atoms with Gasteiger partial charge in [0.05, 0.1) is 6.42 Å². The van der Waals surface area contributed by atoms with Crippen molar-refractivity contribution in [3.05, 3.63) is 34.3 Å². The monoisotopic (exact) mass is 313 g/mol. The van der Waals surface area contributed by atoms with Crippen molar-refractivity contribution in [2.45, 2.75) is 25.8 Å². The predicted octanol–water partition coefficient (Wildman–Crippen LogP) is 2.31. The molecule has 0 atom stereocenters. The lowest BCUT2D eigenvalue weighted by atomic mass is 10.0. The van der Waals surface area contributed by atoms with Crippen LogP contribution in [-0.4, -0.2) is 34.5 Å². The molecule has 0 fully saturated rings. The standard InChI is InChI=1S/C13H16BrNO3/c1-13(2,12(17)18)15(3)11(16)8-9-4-6-10(14)7-5-9/h4-7H,8H2,1-3H3,(H,17,18). The second kappa shape index (κ2) is 5.52. The molecule has 0 radical (unpaired) electrons. The van der Waals surface area contributed by atoms with E-state index in [2.05, 4.69) is 15.9 Å². The lowest BCUT2D eigenvalue weighted by molar-refractivity contribution is -0.155. The third-order valence-corrected chi connectivity index (χ3v) is 3.53. The normalized spacial score (nSPS) is 11.1. The molecule has 0 heterocycles. The maximum atomic E-state index is 12.0. The Bertz CT molecular complexity index is 454. The second-order valence-electron chi connectivity index (χ2n) is 4.62. The summed E-state index contributed by atoms with van der Waals surface area (Å²) < 4.78 is 0.943. The van der Waals surface area contributed by atoms with Crippen molar-refractivity contribution < 1.29 is 14.7 Å². The van der Waals surface area contributed by atoms with Crippen LogP contribution >= 0.6 is 15.9 Å². The minimum Gasteiger partial charge on any atom is -0.480 e. The summed E-state index contributed by atoms with van der Waals surface area (Å²) in [7, 11) is 1.51. The Labute approximate surface area is 115 Å². The van der Waals surface area contributed by atoms with Gasteiger partial charge in [-0.1, -0.05) is 28.1 Å². The van der Waals surface area contributed by atoms with Gasteiger partial charge in [-0.2, -0.15) is 0 Å². The summed E-state index contributed by atoms with van der Waals surface area (Å²) in [4.78, 5) is 24.3. The third-order valence-electron chi connectivity index (χ3n) is 3.00. The Morgan fingerprint density at radius 2 is 1.78 bits per heavy atom. The van der Waals surface area contributed by atoms with E-state index in [1.54, 1.807) is 0 Å². The number of carboxylic acid groups (broad SMARTS) is 1. The SMILES string of the molecule is CN(C(=O)Cc1ccc(Br)cc1)C(C)(C)C(=O)O. The summed E-state index contributed by atoms with van der Waals surface area (Å²) in [6.07, 6.45) is 0.195. The zero-order chi connectivity index (χ0) is 13.9. The number of halogens is 1. The molecule has 0 bridgehead atoms. The Hall–Kier alpha value is -1.36. The highest BCUT2D eigenvalue weighted by atomic mass is 79.9. The van der Waals surface area contributed by atoms with Gasteiger partial charge >= 0.3 is 5.97 Å². The molecule has 0 unspecified atom stereocenters. The molecule has 0 aliphatic heterocycles. The van der Waals surface area contributed by atoms with Crippen LogP contribution in [0.2, 0.25) is 0 Å². The fourth-order valence-corrected chi connectivity index (χ4v) is 1.62. The van der Waals surface area contributed by atoms with E-state index in [1.165, 1.54) is 25.8 Å². The van der Waals surface area contributed by atoms with Crippen LogP contribution in [0.1, 0.15) is 19.4 Å². The van der Waals surface area contributed by atoms with E-state index in [0.29, 0.717) is 0 Å². The third kappa shape index (κ3) is 3.32. The number of nitrogens with zero attached hydrogens (tertiary/aromatic N) is 1. The molecule has 0 aliphatic rings. The fourth-order valence-electron chi connectivity index (χ4n) is 1.35. The van der Waals surface area contributed by atoms with Crippen LogP contribution in [0.4, 0.5) is 0 Å². The Morgan fingerprint density at radius 1 is 1.28 bits per heavy atom. The van der Waals surface area contributed by atoms with Gasteiger partial charge in [-0.15, -0.1) is 0 Å². The Morgan fingerprint density at radius 3 is 2.22 bits per heavy atom. The van der Waals surface area contributed by atoms with E-state index in [9.17, 15) is 9.59 Å². The van der Waals surface area contributed by atoms with Gasteiger partial charge < -0.3 is 10.0 Å². The molecule has 98 valence electrons. The number of rotatable bonds is 4. The van der Waals surface area contributed by atoms with E-state index in [-0.39, 0.29) is 12.3 Å². The second-order valence-corrected chi connectivity index (χ2v) is 5.54. The Kier molecular flexibility index (Phi) is 4.51. The molecule has 1 aromatic rings. The summed E-state index contributed by atoms with van der Waals surface area (Å²) in [5, 5.41) is 9.06. The molecule has 0 spiro atoms.